The van der Waals surface area contributed by atoms with Gasteiger partial charge in [0, 0.05) is 44.3 Å². The Morgan fingerprint density at radius 1 is 1.17 bits per heavy atom. The van der Waals surface area contributed by atoms with Crippen molar-refractivity contribution in [2.45, 2.75) is 81.4 Å². The van der Waals surface area contributed by atoms with Crippen LogP contribution in [-0.4, -0.2) is 75.9 Å². The minimum Gasteiger partial charge on any atom is -0.391 e. The summed E-state index contributed by atoms with van der Waals surface area (Å²) >= 11 is 0. The van der Waals surface area contributed by atoms with E-state index in [9.17, 15) is 23.1 Å². The van der Waals surface area contributed by atoms with E-state index in [2.05, 4.69) is 20.2 Å². The van der Waals surface area contributed by atoms with E-state index in [1.54, 1.807) is 4.90 Å². The highest BCUT2D eigenvalue weighted by molar-refractivity contribution is 5.75. The molecule has 3 aliphatic rings. The Hall–Kier alpha value is -3.03. The normalized spacial score (nSPS) is 23.2. The summed E-state index contributed by atoms with van der Waals surface area (Å²) in [5, 5.41) is 14.1. The quantitative estimate of drug-likeness (QED) is 0.366. The number of aliphatic hydroxyl groups is 1. The maximum absolute atomic E-state index is 15.9. The number of piperidine rings is 1. The Labute approximate surface area is 236 Å². The van der Waals surface area contributed by atoms with Crippen LogP contribution >= 0.6 is 0 Å². The minimum atomic E-state index is -4.43. The zero-order valence-electron chi connectivity index (χ0n) is 22.7. The average Bonchev–Trinajstić information content (AvgIpc) is 3.77. The number of nitrogens with zero attached hydrogens (tertiary/aromatic N) is 4. The van der Waals surface area contributed by atoms with Crippen LogP contribution in [0.25, 0.3) is 0 Å². The number of rotatable bonds is 10. The van der Waals surface area contributed by atoms with E-state index in [1.807, 2.05) is 0 Å². The van der Waals surface area contributed by atoms with Gasteiger partial charge in [-0.2, -0.15) is 17.6 Å². The number of hydrogen-bond acceptors (Lipinski definition) is 8. The number of anilines is 2. The van der Waals surface area contributed by atoms with Gasteiger partial charge in [-0.15, -0.1) is 0 Å². The molecule has 0 spiro atoms. The lowest BCUT2D eigenvalue weighted by atomic mass is 9.80. The van der Waals surface area contributed by atoms with Crippen molar-refractivity contribution in [2.75, 3.05) is 36.5 Å². The van der Waals surface area contributed by atoms with E-state index < -0.39 is 41.1 Å². The lowest BCUT2D eigenvalue weighted by Crippen LogP contribution is -2.64. The average molecular weight is 581 g/mol. The zero-order chi connectivity index (χ0) is 29.2. The molecule has 41 heavy (non-hydrogen) atoms. The van der Waals surface area contributed by atoms with Crippen LogP contribution in [0.3, 0.4) is 0 Å². The number of ether oxygens (including phenoxy) is 1. The number of nitrogens with two attached hydrogens (primary N) is 1. The number of benzene rings is 1. The minimum absolute atomic E-state index is 0.0207. The van der Waals surface area contributed by atoms with Gasteiger partial charge in [0.25, 0.3) is 0 Å². The first kappa shape index (κ1) is 29.5. The molecule has 1 amide bonds. The third-order valence-corrected chi connectivity index (χ3v) is 8.42. The molecule has 224 valence electrons. The van der Waals surface area contributed by atoms with Gasteiger partial charge in [-0.05, 0) is 62.8 Å². The Balaban J connectivity index is 1.34. The smallest absolute Gasteiger partial charge is 0.391 e. The summed E-state index contributed by atoms with van der Waals surface area (Å²) < 4.78 is 60.4. The highest BCUT2D eigenvalue weighted by Gasteiger charge is 2.46. The van der Waals surface area contributed by atoms with Gasteiger partial charge in [-0.25, -0.2) is 9.97 Å². The van der Waals surface area contributed by atoms with Crippen LogP contribution in [0, 0.1) is 5.82 Å². The van der Waals surface area contributed by atoms with Gasteiger partial charge in [0.05, 0.1) is 17.7 Å². The van der Waals surface area contributed by atoms with Crippen LogP contribution in [0.2, 0.25) is 0 Å². The van der Waals surface area contributed by atoms with Crippen molar-refractivity contribution in [3.8, 4) is 0 Å². The van der Waals surface area contributed by atoms with Gasteiger partial charge >= 0.3 is 6.18 Å². The third-order valence-electron chi connectivity index (χ3n) is 8.42. The van der Waals surface area contributed by atoms with Gasteiger partial charge in [0.1, 0.15) is 6.33 Å². The SMILES string of the molecule is NC(=O)CC1(N2CCC[C@@H](O)C2CNc2ncnc(N(Cc3ccc(C(F)(F)F)cc3)C3CC3)c2F)CCOCC1. The number of alkyl halides is 3. The highest BCUT2D eigenvalue weighted by atomic mass is 19.4. The van der Waals surface area contributed by atoms with Crippen LogP contribution in [0.4, 0.5) is 29.2 Å². The number of likely N-dealkylation sites (tertiary alicyclic amines) is 1. The second-order valence-electron chi connectivity index (χ2n) is 11.2. The zero-order valence-corrected chi connectivity index (χ0v) is 22.7. The summed E-state index contributed by atoms with van der Waals surface area (Å²) in [6.07, 6.45) is 0.449. The number of primary amides is 1. The first-order valence-electron chi connectivity index (χ1n) is 14.1. The molecule has 2 saturated heterocycles. The fourth-order valence-corrected chi connectivity index (χ4v) is 6.16. The Kier molecular flexibility index (Phi) is 8.67. The van der Waals surface area contributed by atoms with Crippen molar-refractivity contribution in [3.63, 3.8) is 0 Å². The van der Waals surface area contributed by atoms with E-state index >= 15 is 4.39 Å². The molecule has 13 heteroatoms. The van der Waals surface area contributed by atoms with E-state index in [-0.39, 0.29) is 37.2 Å². The van der Waals surface area contributed by atoms with E-state index in [0.29, 0.717) is 44.6 Å². The highest BCUT2D eigenvalue weighted by Crippen LogP contribution is 2.38. The summed E-state index contributed by atoms with van der Waals surface area (Å²) in [5.74, 6) is -1.04. The molecule has 2 aromatic rings. The predicted molar refractivity (Wildman–Crippen MR) is 143 cm³/mol. The first-order chi connectivity index (χ1) is 19.6. The summed E-state index contributed by atoms with van der Waals surface area (Å²) in [6.45, 7) is 2.01. The van der Waals surface area contributed by atoms with E-state index in [1.165, 1.54) is 18.5 Å². The molecule has 2 atom stereocenters. The van der Waals surface area contributed by atoms with Gasteiger partial charge in [-0.3, -0.25) is 9.69 Å². The molecular formula is C28H36F4N6O3. The number of carbonyl (C=O) groups excluding carboxylic acids is 1. The molecule has 1 unspecified atom stereocenters. The summed E-state index contributed by atoms with van der Waals surface area (Å²) in [6, 6.07) is 4.45. The molecule has 0 radical (unpaired) electrons. The molecule has 3 heterocycles. The number of aliphatic hydroxyl groups excluding tert-OH is 1. The molecule has 1 aromatic carbocycles. The molecule has 1 aromatic heterocycles. The molecule has 4 N–H and O–H groups in total. The molecule has 1 aliphatic carbocycles. The Morgan fingerprint density at radius 2 is 1.88 bits per heavy atom. The van der Waals surface area contributed by atoms with Crippen LogP contribution in [0.5, 0.6) is 0 Å². The van der Waals surface area contributed by atoms with Crippen molar-refractivity contribution in [2.24, 2.45) is 5.73 Å². The molecule has 5 rings (SSSR count). The second-order valence-corrected chi connectivity index (χ2v) is 11.2. The molecule has 1 saturated carbocycles. The van der Waals surface area contributed by atoms with E-state index in [0.717, 1.165) is 31.4 Å². The summed E-state index contributed by atoms with van der Waals surface area (Å²) in [5.41, 5.74) is 4.95. The van der Waals surface area contributed by atoms with E-state index in [4.69, 9.17) is 10.5 Å². The van der Waals surface area contributed by atoms with Crippen molar-refractivity contribution in [1.29, 1.82) is 0 Å². The number of amides is 1. The maximum atomic E-state index is 15.9. The lowest BCUT2D eigenvalue weighted by Gasteiger charge is -2.52. The molecule has 2 aliphatic heterocycles. The third kappa shape index (κ3) is 6.73. The number of halogens is 4. The number of hydrogen-bond donors (Lipinski definition) is 3. The van der Waals surface area contributed by atoms with Crippen LogP contribution in [0.1, 0.15) is 56.1 Å². The number of aromatic nitrogens is 2. The summed E-state index contributed by atoms with van der Waals surface area (Å²) in [4.78, 5) is 24.2. The molecule has 0 bridgehead atoms. The van der Waals surface area contributed by atoms with Crippen molar-refractivity contribution >= 4 is 17.5 Å². The Bertz CT molecular complexity index is 1200. The van der Waals surface area contributed by atoms with Crippen molar-refractivity contribution < 1.29 is 32.2 Å². The Morgan fingerprint density at radius 3 is 2.51 bits per heavy atom. The van der Waals surface area contributed by atoms with Crippen molar-refractivity contribution in [3.05, 3.63) is 47.5 Å². The summed E-state index contributed by atoms with van der Waals surface area (Å²) in [7, 11) is 0. The van der Waals surface area contributed by atoms with Gasteiger partial charge in [0.2, 0.25) is 11.7 Å². The first-order valence-corrected chi connectivity index (χ1v) is 14.1. The van der Waals surface area contributed by atoms with Crippen LogP contribution < -0.4 is 16.0 Å². The van der Waals surface area contributed by atoms with Gasteiger partial charge < -0.3 is 25.8 Å². The van der Waals surface area contributed by atoms with Gasteiger partial charge in [-0.1, -0.05) is 12.1 Å². The van der Waals surface area contributed by atoms with Gasteiger partial charge in [0.15, 0.2) is 11.6 Å². The number of carbonyl (C=O) groups is 1. The molecular weight excluding hydrogens is 544 g/mol. The van der Waals surface area contributed by atoms with Crippen LogP contribution in [-0.2, 0) is 22.3 Å². The monoisotopic (exact) mass is 580 g/mol. The topological polar surface area (TPSA) is 117 Å². The fourth-order valence-electron chi connectivity index (χ4n) is 6.16. The standard InChI is InChI=1S/C28H36F4N6O3/c29-24-25(34-15-21-22(39)2-1-11-38(21)27(14-23(33)40)9-12-41-13-10-27)35-17-36-26(24)37(20-7-8-20)16-18-3-5-19(6-4-18)28(30,31)32/h3-6,17,20-22,39H,1-2,7-16H2,(H2,33,40)(H,34,35,36)/t21?,22-/m1/s1. The lowest BCUT2D eigenvalue weighted by molar-refractivity contribution is -0.137. The van der Waals surface area contributed by atoms with Crippen LogP contribution in [0.15, 0.2) is 30.6 Å². The number of nitrogens with one attached hydrogen (secondary N) is 1. The maximum Gasteiger partial charge on any atom is 0.416 e. The molecule has 9 nitrogen and oxygen atoms in total. The fraction of sp³-hybridized carbons (Fsp3) is 0.607. The molecule has 3 fully saturated rings. The van der Waals surface area contributed by atoms with Crippen molar-refractivity contribution in [1.82, 2.24) is 14.9 Å². The second kappa shape index (κ2) is 12.1. The predicted octanol–water partition coefficient (Wildman–Crippen LogP) is 3.47. The largest absolute Gasteiger partial charge is 0.416 e.